The molecule has 40 heavy (non-hydrogen) atoms. The highest BCUT2D eigenvalue weighted by Crippen LogP contribution is 2.30. The van der Waals surface area contributed by atoms with E-state index in [4.69, 9.17) is 4.74 Å². The van der Waals surface area contributed by atoms with Crippen LogP contribution in [0.2, 0.25) is 0 Å². The number of carbonyl (C=O) groups excluding carboxylic acids is 2. The zero-order valence-electron chi connectivity index (χ0n) is 24.4. The first kappa shape index (κ1) is 29.8. The molecule has 1 heterocycles. The van der Waals surface area contributed by atoms with Gasteiger partial charge in [0.15, 0.2) is 0 Å². The number of ether oxygens (including phenoxy) is 1. The maximum Gasteiger partial charge on any atom is 0.306 e. The number of hydrogen-bond acceptors (Lipinski definition) is 6. The van der Waals surface area contributed by atoms with E-state index in [-0.39, 0.29) is 17.8 Å². The minimum Gasteiger partial charge on any atom is -0.466 e. The lowest BCUT2D eigenvalue weighted by Crippen LogP contribution is -2.41. The van der Waals surface area contributed by atoms with Crippen molar-refractivity contribution in [3.63, 3.8) is 0 Å². The first-order chi connectivity index (χ1) is 19.5. The number of anilines is 1. The van der Waals surface area contributed by atoms with Crippen molar-refractivity contribution in [3.8, 4) is 0 Å². The highest BCUT2D eigenvalue weighted by molar-refractivity contribution is 6.04. The van der Waals surface area contributed by atoms with Gasteiger partial charge in [0.25, 0.3) is 5.91 Å². The minimum absolute atomic E-state index is 0.0801. The molecule has 1 saturated heterocycles. The summed E-state index contributed by atoms with van der Waals surface area (Å²) in [5, 5.41) is 9.71. The van der Waals surface area contributed by atoms with Crippen LogP contribution in [0.4, 0.5) is 5.69 Å². The smallest absolute Gasteiger partial charge is 0.306 e. The van der Waals surface area contributed by atoms with Crippen LogP contribution in [0.5, 0.6) is 0 Å². The first-order valence-corrected chi connectivity index (χ1v) is 15.2. The van der Waals surface area contributed by atoms with Crippen molar-refractivity contribution in [3.05, 3.63) is 64.7 Å². The van der Waals surface area contributed by atoms with Crippen LogP contribution in [-0.4, -0.2) is 67.8 Å². The van der Waals surface area contributed by atoms with Gasteiger partial charge in [-0.2, -0.15) is 5.10 Å². The van der Waals surface area contributed by atoms with Gasteiger partial charge >= 0.3 is 5.97 Å². The number of unbranched alkanes of at least 4 members (excludes halogenated alkanes) is 5. The summed E-state index contributed by atoms with van der Waals surface area (Å²) in [5.74, 6) is 0.0761. The Morgan fingerprint density at radius 3 is 2.50 bits per heavy atom. The number of nitrogens with zero attached hydrogens (tertiary/aromatic N) is 3. The third kappa shape index (κ3) is 9.47. The summed E-state index contributed by atoms with van der Waals surface area (Å²) in [6.07, 6.45) is 12.2. The molecule has 2 aromatic rings. The fraction of sp³-hybridized carbons (Fsp3) is 0.545. The van der Waals surface area contributed by atoms with Crippen molar-refractivity contribution < 1.29 is 14.3 Å². The lowest BCUT2D eigenvalue weighted by Gasteiger charge is -2.30. The summed E-state index contributed by atoms with van der Waals surface area (Å²) in [6.45, 7) is 6.65. The van der Waals surface area contributed by atoms with Crippen LogP contribution < -0.4 is 5.32 Å². The summed E-state index contributed by atoms with van der Waals surface area (Å²) < 4.78 is 5.51. The Hall–Kier alpha value is -3.19. The highest BCUT2D eigenvalue weighted by atomic mass is 16.5. The molecule has 1 atom stereocenters. The third-order valence-corrected chi connectivity index (χ3v) is 8.03. The molecule has 0 saturated carbocycles. The number of piperazine rings is 1. The average molecular weight is 547 g/mol. The number of amides is 1. The summed E-state index contributed by atoms with van der Waals surface area (Å²) >= 11 is 0. The van der Waals surface area contributed by atoms with Gasteiger partial charge in [0, 0.05) is 43.9 Å². The van der Waals surface area contributed by atoms with E-state index in [2.05, 4.69) is 46.4 Å². The Balaban J connectivity index is 1.22. The second kappa shape index (κ2) is 15.6. The Bertz CT molecular complexity index is 1120. The first-order valence-electron chi connectivity index (χ1n) is 15.2. The van der Waals surface area contributed by atoms with Crippen molar-refractivity contribution in [1.82, 2.24) is 9.91 Å². The van der Waals surface area contributed by atoms with Crippen LogP contribution in [0, 0.1) is 5.92 Å². The van der Waals surface area contributed by atoms with Crippen molar-refractivity contribution in [2.24, 2.45) is 11.0 Å². The molecule has 0 spiro atoms. The highest BCUT2D eigenvalue weighted by Gasteiger charge is 2.22. The van der Waals surface area contributed by atoms with Crippen LogP contribution in [0.3, 0.4) is 0 Å². The molecule has 2 aromatic carbocycles. The van der Waals surface area contributed by atoms with Gasteiger partial charge in [-0.25, -0.2) is 0 Å². The lowest BCUT2D eigenvalue weighted by atomic mass is 9.82. The quantitative estimate of drug-likeness (QED) is 0.192. The summed E-state index contributed by atoms with van der Waals surface area (Å²) in [6, 6.07) is 13.7. The largest absolute Gasteiger partial charge is 0.466 e. The normalized spacial score (nSPS) is 17.6. The predicted molar refractivity (Wildman–Crippen MR) is 162 cm³/mol. The summed E-state index contributed by atoms with van der Waals surface area (Å²) in [4.78, 5) is 27.6. The van der Waals surface area contributed by atoms with Crippen LogP contribution in [0.1, 0.15) is 85.3 Å². The lowest BCUT2D eigenvalue weighted by molar-refractivity contribution is -0.145. The van der Waals surface area contributed by atoms with Gasteiger partial charge in [-0.15, -0.1) is 0 Å². The molecule has 1 fully saturated rings. The van der Waals surface area contributed by atoms with Crippen molar-refractivity contribution >= 4 is 23.8 Å². The fourth-order valence-electron chi connectivity index (χ4n) is 5.43. The number of hydrazone groups is 1. The number of rotatable bonds is 13. The second-order valence-corrected chi connectivity index (χ2v) is 11.4. The molecule has 1 N–H and O–H groups in total. The molecule has 1 unspecified atom stereocenters. The Morgan fingerprint density at radius 1 is 0.975 bits per heavy atom. The molecule has 7 nitrogen and oxygen atoms in total. The number of esters is 1. The molecular weight excluding hydrogens is 500 g/mol. The summed E-state index contributed by atoms with van der Waals surface area (Å²) in [7, 11) is 2.13. The molecule has 0 bridgehead atoms. The van der Waals surface area contributed by atoms with E-state index in [0.29, 0.717) is 18.6 Å². The maximum atomic E-state index is 12.9. The van der Waals surface area contributed by atoms with E-state index in [1.165, 1.54) is 36.8 Å². The molecule has 2 aliphatic rings. The number of hydrogen-bond donors (Lipinski definition) is 1. The predicted octanol–water partition coefficient (Wildman–Crippen LogP) is 5.92. The number of fused-ring (bicyclic) bond motifs is 1. The molecular formula is C33H46N4O3. The molecule has 0 radical (unpaired) electrons. The van der Waals surface area contributed by atoms with Crippen LogP contribution >= 0.6 is 0 Å². The maximum absolute atomic E-state index is 12.9. The van der Waals surface area contributed by atoms with Gasteiger partial charge in [0.05, 0.1) is 12.8 Å². The molecule has 0 aromatic heterocycles. The number of aryl methyl sites for hydroxylation is 1. The van der Waals surface area contributed by atoms with E-state index in [9.17, 15) is 9.59 Å². The van der Waals surface area contributed by atoms with Crippen molar-refractivity contribution in [2.45, 2.75) is 71.1 Å². The molecule has 1 amide bonds. The number of carbonyl (C=O) groups is 2. The minimum atomic E-state index is -0.131. The average Bonchev–Trinajstić information content (AvgIpc) is 2.96. The van der Waals surface area contributed by atoms with E-state index in [1.807, 2.05) is 36.5 Å². The van der Waals surface area contributed by atoms with Crippen LogP contribution in [-0.2, 0) is 22.4 Å². The Kier molecular flexibility index (Phi) is 11.6. The van der Waals surface area contributed by atoms with Crippen LogP contribution in [0.15, 0.2) is 47.6 Å². The van der Waals surface area contributed by atoms with Crippen LogP contribution in [0.25, 0.3) is 0 Å². The topological polar surface area (TPSA) is 74.2 Å². The van der Waals surface area contributed by atoms with Gasteiger partial charge in [0.1, 0.15) is 0 Å². The van der Waals surface area contributed by atoms with Gasteiger partial charge in [-0.05, 0) is 79.6 Å². The third-order valence-electron chi connectivity index (χ3n) is 8.03. The molecule has 1 aliphatic carbocycles. The zero-order valence-corrected chi connectivity index (χ0v) is 24.4. The SMILES string of the molecule is CCCCCCCCOC(=O)CC1CCc2ccc(NC(=O)c3ccc(C=NN4CCN(C)CC4)cc3)cc2C1. The monoisotopic (exact) mass is 546 g/mol. The van der Waals surface area contributed by atoms with E-state index in [1.54, 1.807) is 0 Å². The van der Waals surface area contributed by atoms with Gasteiger partial charge in [-0.3, -0.25) is 14.6 Å². The second-order valence-electron chi connectivity index (χ2n) is 11.4. The fourth-order valence-corrected chi connectivity index (χ4v) is 5.43. The van der Waals surface area contributed by atoms with Gasteiger partial charge in [-0.1, -0.05) is 57.2 Å². The van der Waals surface area contributed by atoms with Crippen molar-refractivity contribution in [2.75, 3.05) is 45.2 Å². The van der Waals surface area contributed by atoms with E-state index < -0.39 is 0 Å². The molecule has 1 aliphatic heterocycles. The summed E-state index contributed by atoms with van der Waals surface area (Å²) in [5.41, 5.74) is 4.89. The van der Waals surface area contributed by atoms with E-state index >= 15 is 0 Å². The number of benzene rings is 2. The zero-order chi connectivity index (χ0) is 28.2. The molecule has 4 rings (SSSR count). The van der Waals surface area contributed by atoms with Gasteiger partial charge in [0.2, 0.25) is 0 Å². The standard InChI is InChI=1S/C33H46N4O3/c1-3-4-5-6-7-8-21-40-32(38)23-27-11-12-28-15-16-31(24-30(28)22-27)35-33(39)29-13-9-26(10-14-29)25-34-37-19-17-36(2)18-20-37/h9-10,13-16,24-25,27H,3-8,11-12,17-23H2,1-2H3,(H,35,39). The molecule has 216 valence electrons. The van der Waals surface area contributed by atoms with Gasteiger partial charge < -0.3 is 15.0 Å². The van der Waals surface area contributed by atoms with E-state index in [0.717, 1.165) is 69.5 Å². The van der Waals surface area contributed by atoms with Crippen molar-refractivity contribution in [1.29, 1.82) is 0 Å². The Morgan fingerprint density at radius 2 is 1.73 bits per heavy atom. The number of nitrogens with one attached hydrogen (secondary N) is 1. The number of likely N-dealkylation sites (N-methyl/N-ethyl adjacent to an activating group) is 1. The molecule has 7 heteroatoms. The Labute approximate surface area is 240 Å².